The van der Waals surface area contributed by atoms with Crippen molar-refractivity contribution in [2.24, 2.45) is 0 Å². The smallest absolute Gasteiger partial charge is 0.341 e. The highest BCUT2D eigenvalue weighted by Crippen LogP contribution is 2.33. The fourth-order valence-electron chi connectivity index (χ4n) is 2.26. The SMILES string of the molecule is CCOC(=O)c1c(NC(=O)[C@H]2CC(=O)NN2C)sc(C)c1C. The van der Waals surface area contributed by atoms with E-state index in [4.69, 9.17) is 4.74 Å². The van der Waals surface area contributed by atoms with Crippen LogP contribution in [0.1, 0.15) is 34.1 Å². The summed E-state index contributed by atoms with van der Waals surface area (Å²) in [5, 5.41) is 4.68. The fraction of sp³-hybridized carbons (Fsp3) is 0.500. The number of rotatable bonds is 4. The van der Waals surface area contributed by atoms with E-state index in [-0.39, 0.29) is 24.8 Å². The van der Waals surface area contributed by atoms with Gasteiger partial charge in [0.2, 0.25) is 11.8 Å². The summed E-state index contributed by atoms with van der Waals surface area (Å²) < 4.78 is 5.05. The van der Waals surface area contributed by atoms with Gasteiger partial charge < -0.3 is 10.1 Å². The summed E-state index contributed by atoms with van der Waals surface area (Å²) >= 11 is 1.33. The molecule has 22 heavy (non-hydrogen) atoms. The third-order valence-corrected chi connectivity index (χ3v) is 4.67. The van der Waals surface area contributed by atoms with Gasteiger partial charge in [0.1, 0.15) is 11.0 Å². The lowest BCUT2D eigenvalue weighted by molar-refractivity contribution is -0.121. The van der Waals surface area contributed by atoms with Crippen molar-refractivity contribution in [1.29, 1.82) is 0 Å². The highest BCUT2D eigenvalue weighted by Gasteiger charge is 2.34. The van der Waals surface area contributed by atoms with Gasteiger partial charge >= 0.3 is 5.97 Å². The number of nitrogens with zero attached hydrogens (tertiary/aromatic N) is 1. The molecule has 2 N–H and O–H groups in total. The zero-order chi connectivity index (χ0) is 16.4. The average Bonchev–Trinajstić information content (AvgIpc) is 2.90. The third kappa shape index (κ3) is 3.12. The van der Waals surface area contributed by atoms with E-state index in [0.29, 0.717) is 10.6 Å². The maximum Gasteiger partial charge on any atom is 0.341 e. The van der Waals surface area contributed by atoms with Gasteiger partial charge in [-0.05, 0) is 26.3 Å². The van der Waals surface area contributed by atoms with Crippen molar-refractivity contribution in [2.45, 2.75) is 33.2 Å². The summed E-state index contributed by atoms with van der Waals surface area (Å²) in [4.78, 5) is 36.7. The fourth-order valence-corrected chi connectivity index (χ4v) is 3.31. The normalized spacial score (nSPS) is 18.2. The molecule has 7 nitrogen and oxygen atoms in total. The Balaban J connectivity index is 2.22. The molecule has 1 aliphatic rings. The van der Waals surface area contributed by atoms with Crippen molar-refractivity contribution in [3.63, 3.8) is 0 Å². The number of esters is 1. The molecule has 0 spiro atoms. The van der Waals surface area contributed by atoms with Crippen molar-refractivity contribution in [3.8, 4) is 0 Å². The summed E-state index contributed by atoms with van der Waals surface area (Å²) in [6.45, 7) is 5.70. The van der Waals surface area contributed by atoms with Gasteiger partial charge in [0, 0.05) is 11.9 Å². The molecule has 2 heterocycles. The molecule has 0 saturated carbocycles. The lowest BCUT2D eigenvalue weighted by Crippen LogP contribution is -2.41. The topological polar surface area (TPSA) is 87.7 Å². The minimum Gasteiger partial charge on any atom is -0.462 e. The van der Waals surface area contributed by atoms with Crippen LogP contribution in [0.3, 0.4) is 0 Å². The number of hydrazine groups is 1. The number of likely N-dealkylation sites (N-methyl/N-ethyl adjacent to an activating group) is 1. The van der Waals surface area contributed by atoms with E-state index in [2.05, 4.69) is 10.7 Å². The Morgan fingerprint density at radius 1 is 1.45 bits per heavy atom. The monoisotopic (exact) mass is 325 g/mol. The summed E-state index contributed by atoms with van der Waals surface area (Å²) in [7, 11) is 1.63. The van der Waals surface area contributed by atoms with E-state index in [1.165, 1.54) is 16.3 Å². The number of carbonyl (C=O) groups is 3. The molecule has 1 aromatic rings. The summed E-state index contributed by atoms with van der Waals surface area (Å²) in [6.07, 6.45) is 0.0976. The van der Waals surface area contributed by atoms with Crippen molar-refractivity contribution in [1.82, 2.24) is 10.4 Å². The minimum atomic E-state index is -0.592. The molecule has 1 saturated heterocycles. The quantitative estimate of drug-likeness (QED) is 0.813. The van der Waals surface area contributed by atoms with Gasteiger partial charge in [-0.2, -0.15) is 0 Å². The second-order valence-corrected chi connectivity index (χ2v) is 6.29. The first-order valence-corrected chi connectivity index (χ1v) is 7.77. The van der Waals surface area contributed by atoms with Crippen LogP contribution < -0.4 is 10.7 Å². The molecule has 0 aromatic carbocycles. The van der Waals surface area contributed by atoms with Gasteiger partial charge in [0.05, 0.1) is 18.6 Å². The average molecular weight is 325 g/mol. The Bertz CT molecular complexity index is 626. The van der Waals surface area contributed by atoms with Gasteiger partial charge in [0.15, 0.2) is 0 Å². The molecule has 2 rings (SSSR count). The molecule has 0 aliphatic carbocycles. The van der Waals surface area contributed by atoms with E-state index < -0.39 is 12.0 Å². The van der Waals surface area contributed by atoms with Crippen LogP contribution >= 0.6 is 11.3 Å². The molecule has 8 heteroatoms. The molecular weight excluding hydrogens is 306 g/mol. The van der Waals surface area contributed by atoms with Crippen LogP contribution in [0.4, 0.5) is 5.00 Å². The Hall–Kier alpha value is -1.93. The number of thiophene rings is 1. The maximum absolute atomic E-state index is 12.3. The van der Waals surface area contributed by atoms with Crippen molar-refractivity contribution in [2.75, 3.05) is 19.0 Å². The largest absolute Gasteiger partial charge is 0.462 e. The Morgan fingerprint density at radius 3 is 2.68 bits per heavy atom. The first-order valence-electron chi connectivity index (χ1n) is 6.95. The first-order chi connectivity index (χ1) is 10.3. The molecule has 2 amide bonds. The van der Waals surface area contributed by atoms with Crippen molar-refractivity contribution < 1.29 is 19.1 Å². The van der Waals surface area contributed by atoms with E-state index >= 15 is 0 Å². The van der Waals surface area contributed by atoms with E-state index in [9.17, 15) is 14.4 Å². The molecule has 0 bridgehead atoms. The van der Waals surface area contributed by atoms with Gasteiger partial charge in [-0.1, -0.05) is 0 Å². The predicted molar refractivity (Wildman–Crippen MR) is 82.7 cm³/mol. The number of nitrogens with one attached hydrogen (secondary N) is 2. The zero-order valence-electron chi connectivity index (χ0n) is 13.0. The summed E-state index contributed by atoms with van der Waals surface area (Å²) in [6, 6.07) is -0.592. The zero-order valence-corrected chi connectivity index (χ0v) is 13.8. The number of amides is 2. The molecule has 1 atom stereocenters. The maximum atomic E-state index is 12.3. The number of hydrogen-bond donors (Lipinski definition) is 2. The van der Waals surface area contributed by atoms with Gasteiger partial charge in [0.25, 0.3) is 0 Å². The van der Waals surface area contributed by atoms with Crippen molar-refractivity contribution in [3.05, 3.63) is 16.0 Å². The number of hydrogen-bond acceptors (Lipinski definition) is 6. The Labute approximate surface area is 132 Å². The second kappa shape index (κ2) is 6.45. The minimum absolute atomic E-state index is 0.0976. The Morgan fingerprint density at radius 2 is 2.14 bits per heavy atom. The van der Waals surface area contributed by atoms with Gasteiger partial charge in [-0.25, -0.2) is 9.80 Å². The Kier molecular flexibility index (Phi) is 4.82. The second-order valence-electron chi connectivity index (χ2n) is 5.06. The number of ether oxygens (including phenoxy) is 1. The summed E-state index contributed by atoms with van der Waals surface area (Å²) in [5.41, 5.74) is 3.74. The molecule has 1 fully saturated rings. The third-order valence-electron chi connectivity index (χ3n) is 3.55. The van der Waals surface area contributed by atoms with Crippen LogP contribution in [0.2, 0.25) is 0 Å². The van der Waals surface area contributed by atoms with E-state index in [1.807, 2.05) is 13.8 Å². The van der Waals surface area contributed by atoms with E-state index in [1.54, 1.807) is 14.0 Å². The molecule has 1 aliphatic heterocycles. The molecule has 1 aromatic heterocycles. The van der Waals surface area contributed by atoms with Crippen LogP contribution in [-0.4, -0.2) is 42.5 Å². The van der Waals surface area contributed by atoms with Gasteiger partial charge in [-0.15, -0.1) is 11.3 Å². The van der Waals surface area contributed by atoms with Crippen LogP contribution in [0.5, 0.6) is 0 Å². The van der Waals surface area contributed by atoms with Crippen LogP contribution in [0.15, 0.2) is 0 Å². The number of aryl methyl sites for hydroxylation is 1. The highest BCUT2D eigenvalue weighted by atomic mass is 32.1. The molecular formula is C14H19N3O4S. The van der Waals surface area contributed by atoms with Crippen LogP contribution in [0, 0.1) is 13.8 Å². The lowest BCUT2D eigenvalue weighted by atomic mass is 10.1. The summed E-state index contributed by atoms with van der Waals surface area (Å²) in [5.74, 6) is -0.979. The predicted octanol–water partition coefficient (Wildman–Crippen LogP) is 1.22. The highest BCUT2D eigenvalue weighted by molar-refractivity contribution is 7.16. The van der Waals surface area contributed by atoms with Crippen LogP contribution in [0.25, 0.3) is 0 Å². The number of anilines is 1. The molecule has 120 valence electrons. The standard InChI is InChI=1S/C14H19N3O4S/c1-5-21-14(20)11-7(2)8(3)22-13(11)15-12(19)9-6-10(18)16-17(9)4/h9H,5-6H2,1-4H3,(H,15,19)(H,16,18)/t9-/m1/s1. The van der Waals surface area contributed by atoms with Crippen molar-refractivity contribution >= 4 is 34.1 Å². The first kappa shape index (κ1) is 16.4. The lowest BCUT2D eigenvalue weighted by Gasteiger charge is -2.17. The van der Waals surface area contributed by atoms with Gasteiger partial charge in [-0.3, -0.25) is 15.0 Å². The van der Waals surface area contributed by atoms with E-state index in [0.717, 1.165) is 10.4 Å². The number of carbonyl (C=O) groups excluding carboxylic acids is 3. The molecule has 0 radical (unpaired) electrons. The molecule has 0 unspecified atom stereocenters. The van der Waals surface area contributed by atoms with Crippen LogP contribution in [-0.2, 0) is 14.3 Å².